The molecule has 0 aliphatic carbocycles. The maximum atomic E-state index is 5.63. The second-order valence-electron chi connectivity index (χ2n) is 5.44. The second kappa shape index (κ2) is 6.72. The van der Waals surface area contributed by atoms with Crippen LogP contribution >= 0.6 is 0 Å². The van der Waals surface area contributed by atoms with E-state index in [1.807, 2.05) is 30.7 Å². The van der Waals surface area contributed by atoms with Crippen LogP contribution in [0.1, 0.15) is 44.5 Å². The van der Waals surface area contributed by atoms with E-state index in [1.54, 1.807) is 0 Å². The molecule has 0 spiro atoms. The summed E-state index contributed by atoms with van der Waals surface area (Å²) in [6, 6.07) is 6.19. The van der Waals surface area contributed by atoms with E-state index in [0.717, 1.165) is 43.7 Å². The highest BCUT2D eigenvalue weighted by Crippen LogP contribution is 2.19. The molecular formula is C16H22N4O. The molecule has 5 nitrogen and oxygen atoms in total. The zero-order chi connectivity index (χ0) is 14.5. The van der Waals surface area contributed by atoms with Crippen molar-refractivity contribution in [2.45, 2.75) is 44.8 Å². The van der Waals surface area contributed by atoms with Crippen LogP contribution in [0.25, 0.3) is 5.65 Å². The Balaban J connectivity index is 1.72. The first-order chi connectivity index (χ1) is 10.4. The van der Waals surface area contributed by atoms with Crippen LogP contribution in [0.4, 0.5) is 0 Å². The highest BCUT2D eigenvalue weighted by atomic mass is 16.5. The fourth-order valence-corrected chi connectivity index (χ4v) is 2.72. The van der Waals surface area contributed by atoms with Crippen molar-refractivity contribution >= 4 is 5.65 Å². The number of rotatable bonds is 6. The van der Waals surface area contributed by atoms with Crippen molar-refractivity contribution in [2.24, 2.45) is 0 Å². The Labute approximate surface area is 125 Å². The van der Waals surface area contributed by atoms with Crippen LogP contribution in [0.2, 0.25) is 0 Å². The minimum atomic E-state index is 0.210. The summed E-state index contributed by atoms with van der Waals surface area (Å²) in [6.07, 6.45) is 10.5. The first-order valence-corrected chi connectivity index (χ1v) is 7.72. The molecule has 0 saturated heterocycles. The van der Waals surface area contributed by atoms with Gasteiger partial charge in [-0.25, -0.2) is 0 Å². The first kappa shape index (κ1) is 14.1. The lowest BCUT2D eigenvalue weighted by atomic mass is 10.1. The Morgan fingerprint density at radius 2 is 2.38 bits per heavy atom. The molecule has 0 aromatic carbocycles. The van der Waals surface area contributed by atoms with Crippen LogP contribution in [-0.4, -0.2) is 27.2 Å². The fraction of sp³-hybridized carbons (Fsp3) is 0.500. The maximum Gasteiger partial charge on any atom is 0.160 e. The number of hydrogen-bond acceptors (Lipinski definition) is 4. The third-order valence-corrected chi connectivity index (χ3v) is 3.84. The lowest BCUT2D eigenvalue weighted by Gasteiger charge is -2.23. The van der Waals surface area contributed by atoms with Crippen molar-refractivity contribution in [1.82, 2.24) is 19.9 Å². The van der Waals surface area contributed by atoms with E-state index in [4.69, 9.17) is 4.74 Å². The number of fused-ring (bicyclic) bond motifs is 1. The molecule has 0 fully saturated rings. The van der Waals surface area contributed by atoms with Crippen LogP contribution in [0.5, 0.6) is 0 Å². The minimum Gasteiger partial charge on any atom is -0.497 e. The van der Waals surface area contributed by atoms with Crippen molar-refractivity contribution < 1.29 is 4.74 Å². The quantitative estimate of drug-likeness (QED) is 0.887. The van der Waals surface area contributed by atoms with Gasteiger partial charge in [0.05, 0.1) is 12.3 Å². The number of nitrogens with one attached hydrogen (secondary N) is 1. The molecule has 112 valence electrons. The molecule has 1 aliphatic rings. The van der Waals surface area contributed by atoms with Crippen molar-refractivity contribution in [3.05, 3.63) is 42.6 Å². The summed E-state index contributed by atoms with van der Waals surface area (Å²) in [5, 5.41) is 12.2. The van der Waals surface area contributed by atoms with E-state index >= 15 is 0 Å². The molecule has 1 N–H and O–H groups in total. The number of aromatic nitrogens is 3. The number of nitrogens with zero attached hydrogens (tertiary/aromatic N) is 3. The summed E-state index contributed by atoms with van der Waals surface area (Å²) in [4.78, 5) is 0. The monoisotopic (exact) mass is 286 g/mol. The van der Waals surface area contributed by atoms with Crippen molar-refractivity contribution in [3.8, 4) is 0 Å². The molecule has 3 rings (SSSR count). The zero-order valence-electron chi connectivity index (χ0n) is 12.4. The molecule has 5 heteroatoms. The Hall–Kier alpha value is -1.88. The molecule has 2 atom stereocenters. The predicted octanol–water partition coefficient (Wildman–Crippen LogP) is 2.85. The van der Waals surface area contributed by atoms with E-state index in [2.05, 4.69) is 32.9 Å². The van der Waals surface area contributed by atoms with Crippen LogP contribution in [0, 0.1) is 0 Å². The topological polar surface area (TPSA) is 51.5 Å². The third kappa shape index (κ3) is 3.24. The average molecular weight is 286 g/mol. The molecule has 0 saturated carbocycles. The molecule has 0 radical (unpaired) electrons. The summed E-state index contributed by atoms with van der Waals surface area (Å²) in [6.45, 7) is 3.04. The summed E-state index contributed by atoms with van der Waals surface area (Å²) < 4.78 is 7.69. The molecular weight excluding hydrogens is 264 g/mol. The third-order valence-electron chi connectivity index (χ3n) is 3.84. The second-order valence-corrected chi connectivity index (χ2v) is 5.44. The van der Waals surface area contributed by atoms with Gasteiger partial charge < -0.3 is 10.1 Å². The van der Waals surface area contributed by atoms with Gasteiger partial charge in [-0.15, -0.1) is 10.2 Å². The Morgan fingerprint density at radius 1 is 1.43 bits per heavy atom. The standard InChI is InChI=1S/C16H22N4O/c1-2-7-14(17-12-13-8-4-6-11-21-13)16-19-18-15-9-3-5-10-20(15)16/h3,5-6,9-11,13-14,17H,2,4,7-8,12H2,1H3/t13-,14-/m1/s1. The molecule has 2 aromatic heterocycles. The van der Waals surface area contributed by atoms with E-state index in [0.29, 0.717) is 0 Å². The smallest absolute Gasteiger partial charge is 0.160 e. The molecule has 3 heterocycles. The molecule has 2 aromatic rings. The summed E-state index contributed by atoms with van der Waals surface area (Å²) in [5.41, 5.74) is 0.896. The molecule has 0 bridgehead atoms. The number of pyridine rings is 1. The summed E-state index contributed by atoms with van der Waals surface area (Å²) in [7, 11) is 0. The van der Waals surface area contributed by atoms with E-state index in [1.165, 1.54) is 0 Å². The average Bonchev–Trinajstić information content (AvgIpc) is 2.96. The largest absolute Gasteiger partial charge is 0.497 e. The number of hydrogen-bond donors (Lipinski definition) is 1. The van der Waals surface area contributed by atoms with Gasteiger partial charge in [-0.3, -0.25) is 4.40 Å². The molecule has 1 aliphatic heterocycles. The summed E-state index contributed by atoms with van der Waals surface area (Å²) in [5.74, 6) is 0.985. The van der Waals surface area contributed by atoms with Gasteiger partial charge in [0.15, 0.2) is 11.5 Å². The Kier molecular flexibility index (Phi) is 4.50. The Bertz CT molecular complexity index is 607. The number of allylic oxidation sites excluding steroid dienone is 1. The van der Waals surface area contributed by atoms with Crippen LogP contribution < -0.4 is 5.32 Å². The Morgan fingerprint density at radius 3 is 3.19 bits per heavy atom. The number of ether oxygens (including phenoxy) is 1. The van der Waals surface area contributed by atoms with Crippen molar-refractivity contribution in [3.63, 3.8) is 0 Å². The van der Waals surface area contributed by atoms with Gasteiger partial charge in [0.2, 0.25) is 0 Å². The predicted molar refractivity (Wildman–Crippen MR) is 81.9 cm³/mol. The van der Waals surface area contributed by atoms with Gasteiger partial charge in [-0.1, -0.05) is 19.4 Å². The van der Waals surface area contributed by atoms with Crippen molar-refractivity contribution in [2.75, 3.05) is 6.54 Å². The first-order valence-electron chi connectivity index (χ1n) is 7.72. The van der Waals surface area contributed by atoms with Crippen LogP contribution in [0.15, 0.2) is 36.7 Å². The van der Waals surface area contributed by atoms with Crippen LogP contribution in [-0.2, 0) is 4.74 Å². The van der Waals surface area contributed by atoms with Gasteiger partial charge in [-0.2, -0.15) is 0 Å². The van der Waals surface area contributed by atoms with Gasteiger partial charge >= 0.3 is 0 Å². The lowest BCUT2D eigenvalue weighted by Crippen LogP contribution is -2.33. The van der Waals surface area contributed by atoms with Gasteiger partial charge in [0, 0.05) is 12.7 Å². The molecule has 0 amide bonds. The lowest BCUT2D eigenvalue weighted by molar-refractivity contribution is 0.118. The summed E-state index contributed by atoms with van der Waals surface area (Å²) >= 11 is 0. The van der Waals surface area contributed by atoms with Gasteiger partial charge in [0.1, 0.15) is 6.10 Å². The fourth-order valence-electron chi connectivity index (χ4n) is 2.72. The van der Waals surface area contributed by atoms with E-state index in [9.17, 15) is 0 Å². The minimum absolute atomic E-state index is 0.210. The molecule has 0 unspecified atom stereocenters. The van der Waals surface area contributed by atoms with Crippen molar-refractivity contribution in [1.29, 1.82) is 0 Å². The maximum absolute atomic E-state index is 5.63. The SMILES string of the molecule is CCC[C@@H](NC[C@H]1CCC=CO1)c1nnc2ccccn12. The highest BCUT2D eigenvalue weighted by Gasteiger charge is 2.19. The van der Waals surface area contributed by atoms with Gasteiger partial charge in [-0.05, 0) is 37.5 Å². The zero-order valence-corrected chi connectivity index (χ0v) is 12.4. The normalized spacial score (nSPS) is 19.6. The highest BCUT2D eigenvalue weighted by molar-refractivity contribution is 5.37. The van der Waals surface area contributed by atoms with E-state index < -0.39 is 0 Å². The van der Waals surface area contributed by atoms with Crippen LogP contribution in [0.3, 0.4) is 0 Å². The molecule has 21 heavy (non-hydrogen) atoms. The van der Waals surface area contributed by atoms with Gasteiger partial charge in [0.25, 0.3) is 0 Å². The van der Waals surface area contributed by atoms with E-state index in [-0.39, 0.29) is 12.1 Å².